The molecule has 1 aromatic heterocycles. The van der Waals surface area contributed by atoms with Gasteiger partial charge in [-0.1, -0.05) is 0 Å². The Kier molecular flexibility index (Phi) is 9.48. The maximum Gasteiger partial charge on any atom is 0.478 e. The van der Waals surface area contributed by atoms with Gasteiger partial charge in [0.1, 0.15) is 30.5 Å². The molecule has 0 spiro atoms. The van der Waals surface area contributed by atoms with Crippen molar-refractivity contribution < 1.29 is 67.0 Å². The molecule has 216 valence electrons. The lowest BCUT2D eigenvalue weighted by molar-refractivity contribution is -0.280. The lowest BCUT2D eigenvalue weighted by atomic mass is 9.97. The van der Waals surface area contributed by atoms with Crippen molar-refractivity contribution >= 4 is 21.6 Å². The van der Waals surface area contributed by atoms with Gasteiger partial charge in [0.2, 0.25) is 5.91 Å². The highest BCUT2D eigenvalue weighted by atomic mass is 31.3. The Morgan fingerprint density at radius 1 is 1.16 bits per heavy atom. The minimum absolute atomic E-state index is 0.676. The first kappa shape index (κ1) is 30.7. The van der Waals surface area contributed by atoms with E-state index < -0.39 is 94.6 Å². The zero-order valence-electron chi connectivity index (χ0n) is 19.6. The van der Waals surface area contributed by atoms with E-state index >= 15 is 0 Å². The smallest absolute Gasteiger partial charge is 0.478 e. The molecule has 1 amide bonds. The average Bonchev–Trinajstić information content (AvgIpc) is 3.06. The van der Waals surface area contributed by atoms with E-state index in [9.17, 15) is 53.7 Å². The van der Waals surface area contributed by atoms with E-state index in [0.29, 0.717) is 0 Å². The highest BCUT2D eigenvalue weighted by Crippen LogP contribution is 2.59. The number of hydrogen-bond acceptors (Lipinski definition) is 15. The van der Waals surface area contributed by atoms with Crippen LogP contribution in [0.25, 0.3) is 0 Å². The van der Waals surface area contributed by atoms with Crippen LogP contribution in [0.3, 0.4) is 0 Å². The van der Waals surface area contributed by atoms with Crippen LogP contribution < -0.4 is 21.5 Å². The van der Waals surface area contributed by atoms with E-state index in [-0.39, 0.29) is 0 Å². The summed E-state index contributed by atoms with van der Waals surface area (Å²) in [4.78, 5) is 58.4. The van der Waals surface area contributed by atoms with Crippen LogP contribution in [0.1, 0.15) is 20.1 Å². The average molecular weight is 590 g/mol. The summed E-state index contributed by atoms with van der Waals surface area (Å²) in [5, 5.41) is 42.9. The van der Waals surface area contributed by atoms with Crippen LogP contribution >= 0.6 is 15.6 Å². The molecule has 1 aromatic rings. The molecule has 5 unspecified atom stereocenters. The number of rotatable bonds is 9. The van der Waals surface area contributed by atoms with Crippen molar-refractivity contribution in [3.63, 3.8) is 0 Å². The summed E-state index contributed by atoms with van der Waals surface area (Å²) in [5.41, 5.74) is -1.74. The molecule has 0 aromatic carbocycles. The monoisotopic (exact) mass is 590 g/mol. The van der Waals surface area contributed by atoms with Gasteiger partial charge in [-0.2, -0.15) is 0 Å². The van der Waals surface area contributed by atoms with Gasteiger partial charge in [-0.25, -0.2) is 13.7 Å². The van der Waals surface area contributed by atoms with Crippen molar-refractivity contribution in [2.75, 3.05) is 6.61 Å². The Balaban J connectivity index is 1.62. The molecule has 3 heterocycles. The molecule has 38 heavy (non-hydrogen) atoms. The van der Waals surface area contributed by atoms with E-state index in [1.807, 2.05) is 4.98 Å². The Bertz CT molecular complexity index is 1220. The molecule has 7 N–H and O–H groups in total. The third-order valence-corrected chi connectivity index (χ3v) is 8.08. The third-order valence-electron chi connectivity index (χ3n) is 5.52. The first-order valence-electron chi connectivity index (χ1n) is 10.8. The molecule has 0 saturated carbocycles. The number of aliphatic hydroxyl groups is 4. The number of hydrogen-bond donors (Lipinski definition) is 7. The lowest BCUT2D eigenvalue weighted by Gasteiger charge is -2.42. The zero-order chi connectivity index (χ0) is 28.6. The molecule has 21 heteroatoms. The fourth-order valence-corrected chi connectivity index (χ4v) is 5.83. The van der Waals surface area contributed by atoms with Gasteiger partial charge < -0.3 is 45.0 Å². The second-order valence-corrected chi connectivity index (χ2v) is 11.3. The predicted octanol–water partition coefficient (Wildman–Crippen LogP) is -4.25. The SMILES string of the molecule is CC(=O)N[C@@H]1C(O)[C@@H](OP(=O)([O-])OP(=O)(O)OC[C@H]2O[C@@H](n3ccc(=O)[nH]c3=O)C(O)[C@H]2O)OC(C)[C@H]1O. The molecule has 2 aliphatic rings. The van der Waals surface area contributed by atoms with E-state index in [0.717, 1.165) is 23.8 Å². The molecule has 2 aliphatic heterocycles. The Morgan fingerprint density at radius 3 is 2.42 bits per heavy atom. The molecule has 0 radical (unpaired) electrons. The van der Waals surface area contributed by atoms with Gasteiger partial charge in [0.15, 0.2) is 12.5 Å². The van der Waals surface area contributed by atoms with Gasteiger partial charge >= 0.3 is 13.5 Å². The van der Waals surface area contributed by atoms with Crippen molar-refractivity contribution in [2.24, 2.45) is 0 Å². The Hall–Kier alpha value is -1.83. The highest BCUT2D eigenvalue weighted by Gasteiger charge is 2.47. The zero-order valence-corrected chi connectivity index (χ0v) is 21.4. The van der Waals surface area contributed by atoms with Crippen LogP contribution in [0.5, 0.6) is 0 Å². The number of carbonyl (C=O) groups is 1. The third kappa shape index (κ3) is 7.22. The van der Waals surface area contributed by atoms with Crippen molar-refractivity contribution in [1.29, 1.82) is 0 Å². The quantitative estimate of drug-likeness (QED) is 0.134. The molecule has 2 saturated heterocycles. The normalized spacial score (nSPS) is 36.8. The number of nitrogens with one attached hydrogen (secondary N) is 2. The van der Waals surface area contributed by atoms with Gasteiger partial charge in [-0.3, -0.25) is 32.8 Å². The van der Waals surface area contributed by atoms with Gasteiger partial charge in [0, 0.05) is 19.2 Å². The number of nitrogens with zero attached hydrogens (tertiary/aromatic N) is 1. The van der Waals surface area contributed by atoms with E-state index in [2.05, 4.69) is 18.7 Å². The van der Waals surface area contributed by atoms with Crippen LogP contribution in [0.4, 0.5) is 0 Å². The second-order valence-electron chi connectivity index (χ2n) is 8.38. The van der Waals surface area contributed by atoms with Gasteiger partial charge in [-0.15, -0.1) is 0 Å². The maximum absolute atomic E-state index is 12.2. The van der Waals surface area contributed by atoms with Gasteiger partial charge in [-0.05, 0) is 6.92 Å². The van der Waals surface area contributed by atoms with Crippen molar-refractivity contribution in [2.45, 2.75) is 69.0 Å². The first-order valence-corrected chi connectivity index (χ1v) is 13.8. The predicted molar refractivity (Wildman–Crippen MR) is 117 cm³/mol. The fraction of sp³-hybridized carbons (Fsp3) is 0.706. The number of ether oxygens (including phenoxy) is 2. The number of aromatic amines is 1. The molecular weight excluding hydrogens is 564 g/mol. The number of aliphatic hydroxyl groups excluding tert-OH is 4. The lowest BCUT2D eigenvalue weighted by Crippen LogP contribution is -2.63. The molecule has 19 nitrogen and oxygen atoms in total. The Morgan fingerprint density at radius 2 is 1.82 bits per heavy atom. The molecule has 2 fully saturated rings. The van der Waals surface area contributed by atoms with Gasteiger partial charge in [0.25, 0.3) is 13.4 Å². The first-order chi connectivity index (χ1) is 17.5. The van der Waals surface area contributed by atoms with Crippen LogP contribution in [0.15, 0.2) is 21.9 Å². The summed E-state index contributed by atoms with van der Waals surface area (Å²) in [7, 11) is -11.3. The molecule has 11 atom stereocenters. The molecule has 0 aliphatic carbocycles. The van der Waals surface area contributed by atoms with Crippen LogP contribution in [-0.4, -0.2) is 96.3 Å². The minimum atomic E-state index is -5.79. The molecular formula is C17H26N3O16P2-. The van der Waals surface area contributed by atoms with Crippen molar-refractivity contribution in [1.82, 2.24) is 14.9 Å². The Labute approximate surface area is 212 Å². The second kappa shape index (κ2) is 11.7. The summed E-state index contributed by atoms with van der Waals surface area (Å²) in [6, 6.07) is -0.490. The summed E-state index contributed by atoms with van der Waals surface area (Å²) in [5.74, 6) is -0.676. The van der Waals surface area contributed by atoms with E-state index in [4.69, 9.17) is 9.47 Å². The summed E-state index contributed by atoms with van der Waals surface area (Å²) in [6.07, 6.45) is -12.4. The highest BCUT2D eigenvalue weighted by molar-refractivity contribution is 7.60. The van der Waals surface area contributed by atoms with Crippen LogP contribution in [0.2, 0.25) is 0 Å². The number of carbonyl (C=O) groups excluding carboxylic acids is 1. The van der Waals surface area contributed by atoms with Crippen molar-refractivity contribution in [3.8, 4) is 0 Å². The van der Waals surface area contributed by atoms with E-state index in [1.165, 1.54) is 6.92 Å². The summed E-state index contributed by atoms with van der Waals surface area (Å²) >= 11 is 0. The van der Waals surface area contributed by atoms with Crippen molar-refractivity contribution in [3.05, 3.63) is 33.1 Å². The van der Waals surface area contributed by atoms with Crippen LogP contribution in [-0.2, 0) is 36.8 Å². The molecule has 0 bridgehead atoms. The largest absolute Gasteiger partial charge is 0.756 e. The summed E-state index contributed by atoms with van der Waals surface area (Å²) < 4.78 is 48.6. The van der Waals surface area contributed by atoms with Gasteiger partial charge in [0.05, 0.1) is 18.8 Å². The van der Waals surface area contributed by atoms with Crippen LogP contribution in [0, 0.1) is 0 Å². The van der Waals surface area contributed by atoms with E-state index in [1.54, 1.807) is 0 Å². The standard InChI is InChI=1S/C17H27N3O16P2/c1-6-11(23)10(18-7(2)21)13(25)16(33-6)35-38(30,31)36-37(28,29)32-5-8-12(24)14(26)15(34-8)20-4-3-9(22)19-17(20)27/h3-4,6,8,10-16,23-26H,5H2,1-2H3,(H,18,21)(H,28,29)(H,30,31)(H,19,22,27)/p-1/t6?,8-,10+,11-,12+,13?,14?,15-,16-/m1/s1. The maximum atomic E-state index is 12.2. The number of H-pyrrole nitrogens is 1. The summed E-state index contributed by atoms with van der Waals surface area (Å²) in [6.45, 7) is 1.31. The fourth-order valence-electron chi connectivity index (χ4n) is 3.72. The number of phosphoric acid groups is 2. The number of phosphoric ester groups is 2. The minimum Gasteiger partial charge on any atom is -0.756 e. The topological polar surface area (TPSA) is 288 Å². The molecule has 3 rings (SSSR count). The number of aromatic nitrogens is 2. The number of amides is 1.